The highest BCUT2D eigenvalue weighted by Crippen LogP contribution is 2.24. The average molecular weight is 288 g/mol. The molecule has 2 rings (SSSR count). The van der Waals surface area contributed by atoms with Gasteiger partial charge in [0.2, 0.25) is 0 Å². The molecule has 1 aromatic carbocycles. The second kappa shape index (κ2) is 5.59. The van der Waals surface area contributed by atoms with Crippen LogP contribution in [0.25, 0.3) is 0 Å². The zero-order valence-electron chi connectivity index (χ0n) is 10.5. The maximum absolute atomic E-state index is 10.9. The first-order valence-corrected chi connectivity index (χ1v) is 6.06. The van der Waals surface area contributed by atoms with E-state index < -0.39 is 5.97 Å². The summed E-state index contributed by atoms with van der Waals surface area (Å²) >= 11 is 5.89. The Morgan fingerprint density at radius 1 is 1.40 bits per heavy atom. The zero-order chi connectivity index (χ0) is 14.7. The molecular weight excluding hydrogens is 278 g/mol. The van der Waals surface area contributed by atoms with Crippen LogP contribution >= 0.6 is 11.6 Å². The first kappa shape index (κ1) is 13.8. The first-order valence-electron chi connectivity index (χ1n) is 5.69. The van der Waals surface area contributed by atoms with Gasteiger partial charge < -0.3 is 10.4 Å². The van der Waals surface area contributed by atoms with Crippen molar-refractivity contribution in [1.82, 2.24) is 4.98 Å². The molecule has 2 aromatic rings. The number of anilines is 2. The second-order valence-corrected chi connectivity index (χ2v) is 4.49. The van der Waals surface area contributed by atoms with Gasteiger partial charge in [-0.2, -0.15) is 5.26 Å². The van der Waals surface area contributed by atoms with Gasteiger partial charge >= 0.3 is 5.97 Å². The Morgan fingerprint density at radius 3 is 2.75 bits per heavy atom. The molecule has 0 aliphatic rings. The molecule has 0 amide bonds. The summed E-state index contributed by atoms with van der Waals surface area (Å²) in [6, 6.07) is 9.89. The van der Waals surface area contributed by atoms with Gasteiger partial charge in [0, 0.05) is 11.4 Å². The quantitative estimate of drug-likeness (QED) is 0.904. The number of pyridine rings is 1. The predicted molar refractivity (Wildman–Crippen MR) is 75.4 cm³/mol. The molecule has 0 aliphatic heterocycles. The third-order valence-electron chi connectivity index (χ3n) is 2.62. The normalized spacial score (nSPS) is 9.85. The lowest BCUT2D eigenvalue weighted by Gasteiger charge is -2.09. The minimum absolute atomic E-state index is 0.0231. The lowest BCUT2D eigenvalue weighted by molar-refractivity contribution is 0.0697. The van der Waals surface area contributed by atoms with Crippen molar-refractivity contribution < 1.29 is 9.90 Å². The Morgan fingerprint density at radius 2 is 2.15 bits per heavy atom. The number of carboxylic acid groups (broad SMARTS) is 1. The molecule has 0 fully saturated rings. The highest BCUT2D eigenvalue weighted by atomic mass is 35.5. The highest BCUT2D eigenvalue weighted by Gasteiger charge is 2.10. The highest BCUT2D eigenvalue weighted by molar-refractivity contribution is 6.33. The number of nitrogens with one attached hydrogen (secondary N) is 1. The van der Waals surface area contributed by atoms with Gasteiger partial charge in [-0.1, -0.05) is 11.6 Å². The van der Waals surface area contributed by atoms with Crippen molar-refractivity contribution in [2.75, 3.05) is 5.32 Å². The molecule has 2 N–H and O–H groups in total. The Labute approximate surface area is 120 Å². The Kier molecular flexibility index (Phi) is 3.87. The number of aromatic carboxylic acids is 1. The molecule has 0 aliphatic carbocycles. The molecule has 0 saturated carbocycles. The number of carboxylic acids is 1. The van der Waals surface area contributed by atoms with Crippen molar-refractivity contribution in [2.45, 2.75) is 6.92 Å². The predicted octanol–water partition coefficient (Wildman–Crippen LogP) is 3.36. The van der Waals surface area contributed by atoms with Crippen LogP contribution in [0.4, 0.5) is 11.5 Å². The van der Waals surface area contributed by atoms with Crippen LogP contribution < -0.4 is 5.32 Å². The standard InChI is InChI=1S/C14H10ClN3O2/c1-8-2-3-9(7-16)13(17-8)18-10-4-5-11(14(19)20)12(15)6-10/h2-6H,1H3,(H,17,18)(H,19,20). The molecular formula is C14H10ClN3O2. The van der Waals surface area contributed by atoms with E-state index in [9.17, 15) is 4.79 Å². The molecule has 0 spiro atoms. The minimum Gasteiger partial charge on any atom is -0.478 e. The third-order valence-corrected chi connectivity index (χ3v) is 2.93. The molecule has 5 nitrogen and oxygen atoms in total. The number of nitrogens with zero attached hydrogens (tertiary/aromatic N) is 2. The molecule has 1 heterocycles. The molecule has 0 saturated heterocycles. The molecule has 20 heavy (non-hydrogen) atoms. The molecule has 0 atom stereocenters. The molecule has 6 heteroatoms. The summed E-state index contributed by atoms with van der Waals surface area (Å²) in [5, 5.41) is 21.0. The van der Waals surface area contributed by atoms with Crippen LogP contribution in [0.2, 0.25) is 5.02 Å². The van der Waals surface area contributed by atoms with Gasteiger partial charge in [-0.25, -0.2) is 9.78 Å². The number of hydrogen-bond acceptors (Lipinski definition) is 4. The fourth-order valence-corrected chi connectivity index (χ4v) is 1.91. The molecule has 100 valence electrons. The van der Waals surface area contributed by atoms with E-state index in [0.29, 0.717) is 17.1 Å². The SMILES string of the molecule is Cc1ccc(C#N)c(Nc2ccc(C(=O)O)c(Cl)c2)n1. The van der Waals surface area contributed by atoms with Crippen LogP contribution in [0.15, 0.2) is 30.3 Å². The van der Waals surface area contributed by atoms with Crippen LogP contribution in [-0.2, 0) is 0 Å². The molecule has 0 bridgehead atoms. The number of hydrogen-bond donors (Lipinski definition) is 2. The number of benzene rings is 1. The van der Waals surface area contributed by atoms with Crippen LogP contribution in [0, 0.1) is 18.3 Å². The maximum atomic E-state index is 10.9. The van der Waals surface area contributed by atoms with E-state index in [1.54, 1.807) is 18.2 Å². The van der Waals surface area contributed by atoms with Gasteiger partial charge in [0.1, 0.15) is 11.9 Å². The monoisotopic (exact) mass is 287 g/mol. The van der Waals surface area contributed by atoms with Gasteiger partial charge in [-0.3, -0.25) is 0 Å². The van der Waals surface area contributed by atoms with E-state index in [1.165, 1.54) is 12.1 Å². The molecule has 0 radical (unpaired) electrons. The van der Waals surface area contributed by atoms with E-state index in [4.69, 9.17) is 22.0 Å². The summed E-state index contributed by atoms with van der Waals surface area (Å²) in [4.78, 5) is 15.1. The van der Waals surface area contributed by atoms with Crippen LogP contribution in [-0.4, -0.2) is 16.1 Å². The lowest BCUT2D eigenvalue weighted by atomic mass is 10.2. The van der Waals surface area contributed by atoms with E-state index in [0.717, 1.165) is 5.69 Å². The smallest absolute Gasteiger partial charge is 0.337 e. The van der Waals surface area contributed by atoms with E-state index in [1.807, 2.05) is 13.0 Å². The number of carbonyl (C=O) groups is 1. The van der Waals surface area contributed by atoms with Crippen molar-refractivity contribution in [3.8, 4) is 6.07 Å². The zero-order valence-corrected chi connectivity index (χ0v) is 11.3. The minimum atomic E-state index is -1.09. The summed E-state index contributed by atoms with van der Waals surface area (Å²) in [5.41, 5.74) is 1.75. The summed E-state index contributed by atoms with van der Waals surface area (Å²) in [6.45, 7) is 1.81. The van der Waals surface area contributed by atoms with Crippen molar-refractivity contribution in [3.63, 3.8) is 0 Å². The molecule has 1 aromatic heterocycles. The number of rotatable bonds is 3. The number of halogens is 1. The van der Waals surface area contributed by atoms with Crippen LogP contribution in [0.1, 0.15) is 21.6 Å². The lowest BCUT2D eigenvalue weighted by Crippen LogP contribution is -2.01. The van der Waals surface area contributed by atoms with E-state index in [2.05, 4.69) is 10.3 Å². The Bertz CT molecular complexity index is 723. The number of aryl methyl sites for hydroxylation is 1. The topological polar surface area (TPSA) is 86.0 Å². The summed E-state index contributed by atoms with van der Waals surface area (Å²) in [6.07, 6.45) is 0. The van der Waals surface area contributed by atoms with Crippen molar-refractivity contribution >= 4 is 29.1 Å². The largest absolute Gasteiger partial charge is 0.478 e. The number of aromatic nitrogens is 1. The first-order chi connectivity index (χ1) is 9.51. The van der Waals surface area contributed by atoms with Crippen molar-refractivity contribution in [3.05, 3.63) is 52.2 Å². The Hall–Kier alpha value is -2.58. The van der Waals surface area contributed by atoms with Crippen molar-refractivity contribution in [1.29, 1.82) is 5.26 Å². The van der Waals surface area contributed by atoms with Gasteiger partial charge in [0.25, 0.3) is 0 Å². The van der Waals surface area contributed by atoms with E-state index in [-0.39, 0.29) is 10.6 Å². The Balaban J connectivity index is 2.36. The van der Waals surface area contributed by atoms with E-state index >= 15 is 0 Å². The number of nitriles is 1. The third kappa shape index (κ3) is 2.87. The van der Waals surface area contributed by atoms with Gasteiger partial charge in [0.05, 0.1) is 16.1 Å². The second-order valence-electron chi connectivity index (χ2n) is 4.09. The summed E-state index contributed by atoms with van der Waals surface area (Å²) < 4.78 is 0. The fourth-order valence-electron chi connectivity index (χ4n) is 1.65. The van der Waals surface area contributed by atoms with Gasteiger partial charge in [0.15, 0.2) is 0 Å². The van der Waals surface area contributed by atoms with Gasteiger partial charge in [-0.05, 0) is 37.3 Å². The van der Waals surface area contributed by atoms with Crippen molar-refractivity contribution in [2.24, 2.45) is 0 Å². The van der Waals surface area contributed by atoms with Crippen LogP contribution in [0.5, 0.6) is 0 Å². The molecule has 0 unspecified atom stereocenters. The maximum Gasteiger partial charge on any atom is 0.337 e. The van der Waals surface area contributed by atoms with Gasteiger partial charge in [-0.15, -0.1) is 0 Å². The summed E-state index contributed by atoms with van der Waals surface area (Å²) in [5.74, 6) is -0.681. The fraction of sp³-hybridized carbons (Fsp3) is 0.0714. The van der Waals surface area contributed by atoms with Crippen LogP contribution in [0.3, 0.4) is 0 Å². The average Bonchev–Trinajstić information content (AvgIpc) is 2.38. The summed E-state index contributed by atoms with van der Waals surface area (Å²) in [7, 11) is 0.